The summed E-state index contributed by atoms with van der Waals surface area (Å²) in [4.78, 5) is 0. The maximum Gasteiger partial charge on any atom is 0.141 e. The third kappa shape index (κ3) is 5.15. The Labute approximate surface area is 104 Å². The van der Waals surface area contributed by atoms with Crippen LogP contribution in [0.5, 0.6) is 0 Å². The van der Waals surface area contributed by atoms with Crippen LogP contribution in [0.1, 0.15) is 18.5 Å². The normalized spacial score (nSPS) is 13.4. The number of hydrogen-bond acceptors (Lipinski definition) is 3. The highest BCUT2D eigenvalue weighted by molar-refractivity contribution is 6.76. The summed E-state index contributed by atoms with van der Waals surface area (Å²) in [5.74, 6) is 2.64. The van der Waals surface area contributed by atoms with Gasteiger partial charge in [0.1, 0.15) is 6.73 Å². The molecule has 1 rings (SSSR count). The Morgan fingerprint density at radius 1 is 1.53 bits per heavy atom. The van der Waals surface area contributed by atoms with E-state index < -0.39 is 8.07 Å². The molecule has 1 aromatic heterocycles. The molecule has 0 aromatic carbocycles. The molecule has 0 bridgehead atoms. The van der Waals surface area contributed by atoms with Crippen LogP contribution in [-0.4, -0.2) is 29.7 Å². The van der Waals surface area contributed by atoms with Gasteiger partial charge in [-0.3, -0.25) is 0 Å². The third-order valence-electron chi connectivity index (χ3n) is 2.47. The van der Waals surface area contributed by atoms with Gasteiger partial charge in [0.2, 0.25) is 0 Å². The molecule has 94 valence electrons. The molecular formula is C12H21N3OSi. The second-order valence-corrected chi connectivity index (χ2v) is 11.0. The van der Waals surface area contributed by atoms with Crippen molar-refractivity contribution >= 4 is 8.07 Å². The molecular weight excluding hydrogens is 230 g/mol. The van der Waals surface area contributed by atoms with Crippen LogP contribution in [0.25, 0.3) is 0 Å². The maximum atomic E-state index is 5.57. The van der Waals surface area contributed by atoms with E-state index in [1.54, 1.807) is 4.68 Å². The van der Waals surface area contributed by atoms with Gasteiger partial charge in [-0.1, -0.05) is 30.8 Å². The molecule has 0 saturated heterocycles. The van der Waals surface area contributed by atoms with Gasteiger partial charge in [-0.15, -0.1) is 11.5 Å². The fourth-order valence-corrected chi connectivity index (χ4v) is 1.95. The van der Waals surface area contributed by atoms with Gasteiger partial charge in [0.05, 0.1) is 17.8 Å². The molecule has 0 radical (unpaired) electrons. The van der Waals surface area contributed by atoms with Crippen LogP contribution in [0.3, 0.4) is 0 Å². The summed E-state index contributed by atoms with van der Waals surface area (Å²) in [5.41, 5.74) is 0.821. The summed E-state index contributed by atoms with van der Waals surface area (Å²) >= 11 is 0. The molecule has 1 atom stereocenters. The predicted octanol–water partition coefficient (Wildman–Crippen LogP) is 2.33. The molecule has 0 saturated carbocycles. The minimum absolute atomic E-state index is 0.00531. The zero-order valence-corrected chi connectivity index (χ0v) is 12.1. The van der Waals surface area contributed by atoms with Crippen molar-refractivity contribution in [2.45, 2.75) is 45.3 Å². The molecule has 1 unspecified atom stereocenters. The van der Waals surface area contributed by atoms with Crippen LogP contribution >= 0.6 is 0 Å². The van der Waals surface area contributed by atoms with Crippen molar-refractivity contribution in [1.82, 2.24) is 15.0 Å². The molecule has 5 heteroatoms. The molecule has 17 heavy (non-hydrogen) atoms. The van der Waals surface area contributed by atoms with Crippen molar-refractivity contribution in [3.05, 3.63) is 11.9 Å². The smallest absolute Gasteiger partial charge is 0.141 e. The molecule has 0 aliphatic heterocycles. The molecule has 0 aliphatic carbocycles. The van der Waals surface area contributed by atoms with Crippen molar-refractivity contribution in [3.8, 4) is 12.3 Å². The monoisotopic (exact) mass is 251 g/mol. The van der Waals surface area contributed by atoms with E-state index in [4.69, 9.17) is 11.2 Å². The molecule has 0 fully saturated rings. The lowest BCUT2D eigenvalue weighted by molar-refractivity contribution is 0.0772. The Balaban J connectivity index is 2.33. The van der Waals surface area contributed by atoms with Crippen LogP contribution in [0.4, 0.5) is 0 Å². The number of terminal acetylenes is 1. The van der Waals surface area contributed by atoms with E-state index in [2.05, 4.69) is 35.9 Å². The third-order valence-corrected chi connectivity index (χ3v) is 4.17. The SMILES string of the molecule is C#CC(C)c1cn(COCC[Si](C)(C)C)nn1. The number of rotatable bonds is 6. The van der Waals surface area contributed by atoms with Gasteiger partial charge < -0.3 is 4.74 Å². The van der Waals surface area contributed by atoms with Gasteiger partial charge in [-0.2, -0.15) is 0 Å². The average molecular weight is 251 g/mol. The standard InChI is InChI=1S/C12H21N3OSi/c1-6-11(2)12-9-15(14-13-12)10-16-7-8-17(3,4)5/h1,9,11H,7-8,10H2,2-5H3. The highest BCUT2D eigenvalue weighted by Gasteiger charge is 2.12. The first-order chi connectivity index (χ1) is 7.92. The fraction of sp³-hybridized carbons (Fsp3) is 0.667. The van der Waals surface area contributed by atoms with Gasteiger partial charge in [-0.25, -0.2) is 4.68 Å². The number of aromatic nitrogens is 3. The summed E-state index contributed by atoms with van der Waals surface area (Å²) in [6, 6.07) is 1.16. The summed E-state index contributed by atoms with van der Waals surface area (Å²) in [5, 5.41) is 7.99. The molecule has 0 spiro atoms. The van der Waals surface area contributed by atoms with E-state index in [1.165, 1.54) is 0 Å². The topological polar surface area (TPSA) is 39.9 Å². The van der Waals surface area contributed by atoms with E-state index in [1.807, 2.05) is 13.1 Å². The Hall–Kier alpha value is -1.12. The number of ether oxygens (including phenoxy) is 1. The first-order valence-electron chi connectivity index (χ1n) is 5.86. The van der Waals surface area contributed by atoms with Crippen LogP contribution in [0.2, 0.25) is 25.7 Å². The van der Waals surface area contributed by atoms with E-state index in [9.17, 15) is 0 Å². The van der Waals surface area contributed by atoms with Crippen molar-refractivity contribution < 1.29 is 4.74 Å². The van der Waals surface area contributed by atoms with Crippen molar-refractivity contribution in [3.63, 3.8) is 0 Å². The lowest BCUT2D eigenvalue weighted by Gasteiger charge is -2.15. The molecule has 0 N–H and O–H groups in total. The lowest BCUT2D eigenvalue weighted by atomic mass is 10.1. The fourth-order valence-electron chi connectivity index (χ4n) is 1.20. The molecule has 1 aromatic rings. The quantitative estimate of drug-likeness (QED) is 0.442. The summed E-state index contributed by atoms with van der Waals surface area (Å²) < 4.78 is 7.25. The highest BCUT2D eigenvalue weighted by atomic mass is 28.3. The molecule has 4 nitrogen and oxygen atoms in total. The van der Waals surface area contributed by atoms with Gasteiger partial charge in [0.25, 0.3) is 0 Å². The summed E-state index contributed by atoms with van der Waals surface area (Å²) in [6.07, 6.45) is 7.18. The largest absolute Gasteiger partial charge is 0.359 e. The average Bonchev–Trinajstić information content (AvgIpc) is 2.70. The van der Waals surface area contributed by atoms with E-state index in [-0.39, 0.29) is 5.92 Å². The van der Waals surface area contributed by atoms with Gasteiger partial charge in [0, 0.05) is 14.7 Å². The molecule has 0 aliphatic rings. The van der Waals surface area contributed by atoms with E-state index >= 15 is 0 Å². The van der Waals surface area contributed by atoms with Crippen molar-refractivity contribution in [1.29, 1.82) is 0 Å². The zero-order chi connectivity index (χ0) is 12.9. The predicted molar refractivity (Wildman–Crippen MR) is 71.4 cm³/mol. The minimum atomic E-state index is -1.01. The second-order valence-electron chi connectivity index (χ2n) is 5.42. The first-order valence-corrected chi connectivity index (χ1v) is 9.57. The van der Waals surface area contributed by atoms with E-state index in [0.717, 1.165) is 18.3 Å². The Kier molecular flexibility index (Phi) is 4.91. The molecule has 1 heterocycles. The number of hydrogen-bond donors (Lipinski definition) is 0. The first kappa shape index (κ1) is 13.9. The Morgan fingerprint density at radius 3 is 2.82 bits per heavy atom. The van der Waals surface area contributed by atoms with Gasteiger partial charge in [-0.05, 0) is 13.0 Å². The van der Waals surface area contributed by atoms with Crippen molar-refractivity contribution in [2.75, 3.05) is 6.61 Å². The van der Waals surface area contributed by atoms with Crippen molar-refractivity contribution in [2.24, 2.45) is 0 Å². The van der Waals surface area contributed by atoms with Crippen LogP contribution in [0, 0.1) is 12.3 Å². The van der Waals surface area contributed by atoms with Gasteiger partial charge in [0.15, 0.2) is 0 Å². The van der Waals surface area contributed by atoms with Crippen LogP contribution in [0.15, 0.2) is 6.20 Å². The Bertz CT molecular complexity index is 389. The van der Waals surface area contributed by atoms with Gasteiger partial charge >= 0.3 is 0 Å². The van der Waals surface area contributed by atoms with Crippen LogP contribution in [-0.2, 0) is 11.5 Å². The molecule has 0 amide bonds. The maximum absolute atomic E-state index is 5.57. The highest BCUT2D eigenvalue weighted by Crippen LogP contribution is 2.10. The summed E-state index contributed by atoms with van der Waals surface area (Å²) in [7, 11) is -1.01. The number of nitrogens with zero attached hydrogens (tertiary/aromatic N) is 3. The Morgan fingerprint density at radius 2 is 2.24 bits per heavy atom. The summed E-state index contributed by atoms with van der Waals surface area (Å²) in [6.45, 7) is 10.2. The second kappa shape index (κ2) is 5.99. The minimum Gasteiger partial charge on any atom is -0.359 e. The zero-order valence-electron chi connectivity index (χ0n) is 11.1. The van der Waals surface area contributed by atoms with Crippen LogP contribution < -0.4 is 0 Å². The van der Waals surface area contributed by atoms with E-state index in [0.29, 0.717) is 6.73 Å². The lowest BCUT2D eigenvalue weighted by Crippen LogP contribution is -2.22.